The number of alkyl carbamates (subject to hydrolysis) is 1. The van der Waals surface area contributed by atoms with Gasteiger partial charge in [-0.2, -0.15) is 0 Å². The Balaban J connectivity index is 1.61. The summed E-state index contributed by atoms with van der Waals surface area (Å²) >= 11 is 0. The van der Waals surface area contributed by atoms with Crippen molar-refractivity contribution in [2.45, 2.75) is 12.1 Å². The first kappa shape index (κ1) is 16.1. The van der Waals surface area contributed by atoms with Crippen LogP contribution in [0.3, 0.4) is 0 Å². The summed E-state index contributed by atoms with van der Waals surface area (Å²) in [4.78, 5) is 16.3. The van der Waals surface area contributed by atoms with E-state index in [0.29, 0.717) is 0 Å². The molecular weight excluding hydrogens is 324 g/mol. The molecule has 1 aliphatic rings. The summed E-state index contributed by atoms with van der Waals surface area (Å²) in [6.45, 7) is 0. The quantitative estimate of drug-likeness (QED) is 0.743. The molecule has 2 aromatic carbocycles. The van der Waals surface area contributed by atoms with Crippen molar-refractivity contribution in [1.29, 1.82) is 0 Å². The van der Waals surface area contributed by atoms with Crippen molar-refractivity contribution in [3.63, 3.8) is 0 Å². The van der Waals surface area contributed by atoms with Gasteiger partial charge in [0, 0.05) is 6.20 Å². The summed E-state index contributed by atoms with van der Waals surface area (Å²) < 4.78 is 5.48. The maximum atomic E-state index is 11.8. The van der Waals surface area contributed by atoms with Gasteiger partial charge in [-0.25, -0.2) is 4.79 Å². The number of cyclic esters (lactones) is 1. The standard InChI is InChI=1S/C22H18N2O2/c25-22-24-20(21(26-22)18-9-5-2-6-10-18)19-15-17(13-14-23-19)12-11-16-7-3-1-4-8-16/h1-15,20-21H,(H,24,25)/t20-,21-/m1/s1. The molecule has 4 nitrogen and oxygen atoms in total. The third kappa shape index (κ3) is 3.49. The van der Waals surface area contributed by atoms with E-state index in [1.807, 2.05) is 66.7 Å². The van der Waals surface area contributed by atoms with E-state index < -0.39 is 6.09 Å². The van der Waals surface area contributed by atoms with Gasteiger partial charge < -0.3 is 10.1 Å². The van der Waals surface area contributed by atoms with E-state index in [0.717, 1.165) is 22.4 Å². The van der Waals surface area contributed by atoms with Gasteiger partial charge in [0.15, 0.2) is 6.10 Å². The number of rotatable bonds is 4. The minimum atomic E-state index is -0.420. The van der Waals surface area contributed by atoms with Crippen LogP contribution in [0.1, 0.15) is 34.5 Å². The molecule has 3 aromatic rings. The van der Waals surface area contributed by atoms with E-state index in [-0.39, 0.29) is 12.1 Å². The Hall–Kier alpha value is -3.40. The van der Waals surface area contributed by atoms with Crippen LogP contribution in [0.2, 0.25) is 0 Å². The SMILES string of the molecule is O=C1N[C@H](c2cc(C=Cc3ccccc3)ccn2)[C@@H](c2ccccc2)O1. The van der Waals surface area contributed by atoms with E-state index in [4.69, 9.17) is 4.74 Å². The van der Waals surface area contributed by atoms with Crippen LogP contribution < -0.4 is 5.32 Å². The normalized spacial score (nSPS) is 19.3. The molecule has 0 bridgehead atoms. The maximum Gasteiger partial charge on any atom is 0.408 e. The largest absolute Gasteiger partial charge is 0.439 e. The van der Waals surface area contributed by atoms with Crippen LogP contribution >= 0.6 is 0 Å². The minimum Gasteiger partial charge on any atom is -0.439 e. The number of hydrogen-bond donors (Lipinski definition) is 1. The second-order valence-electron chi connectivity index (χ2n) is 6.12. The zero-order chi connectivity index (χ0) is 17.8. The van der Waals surface area contributed by atoms with Crippen molar-refractivity contribution >= 4 is 18.2 Å². The Morgan fingerprint density at radius 3 is 2.35 bits per heavy atom. The van der Waals surface area contributed by atoms with Crippen molar-refractivity contribution in [1.82, 2.24) is 10.3 Å². The zero-order valence-electron chi connectivity index (χ0n) is 14.1. The molecule has 1 aliphatic heterocycles. The Morgan fingerprint density at radius 1 is 0.885 bits per heavy atom. The molecule has 4 rings (SSSR count). The molecule has 1 saturated heterocycles. The van der Waals surface area contributed by atoms with Gasteiger partial charge >= 0.3 is 6.09 Å². The zero-order valence-corrected chi connectivity index (χ0v) is 14.1. The monoisotopic (exact) mass is 342 g/mol. The molecule has 4 heteroatoms. The van der Waals surface area contributed by atoms with Gasteiger partial charge in [0.2, 0.25) is 0 Å². The van der Waals surface area contributed by atoms with Gasteiger partial charge in [0.1, 0.15) is 6.04 Å². The molecule has 0 aliphatic carbocycles. The number of nitrogens with one attached hydrogen (secondary N) is 1. The van der Waals surface area contributed by atoms with Crippen LogP contribution in [0.4, 0.5) is 4.79 Å². The number of nitrogens with zero attached hydrogens (tertiary/aromatic N) is 1. The first-order valence-electron chi connectivity index (χ1n) is 8.51. The second kappa shape index (κ2) is 7.23. The van der Waals surface area contributed by atoms with Crippen LogP contribution in [-0.2, 0) is 4.74 Å². The summed E-state index contributed by atoms with van der Waals surface area (Å²) in [5.74, 6) is 0. The number of aromatic nitrogens is 1. The lowest BCUT2D eigenvalue weighted by atomic mass is 9.99. The van der Waals surface area contributed by atoms with Crippen LogP contribution in [0, 0.1) is 0 Å². The molecule has 26 heavy (non-hydrogen) atoms. The second-order valence-corrected chi connectivity index (χ2v) is 6.12. The highest BCUT2D eigenvalue weighted by Crippen LogP contribution is 2.35. The Labute approximate surface area is 152 Å². The average molecular weight is 342 g/mol. The van der Waals surface area contributed by atoms with E-state index in [9.17, 15) is 4.79 Å². The minimum absolute atomic E-state index is 0.310. The molecule has 2 atom stereocenters. The Bertz CT molecular complexity index is 923. The fraction of sp³-hybridized carbons (Fsp3) is 0.0909. The number of carbonyl (C=O) groups excluding carboxylic acids is 1. The van der Waals surface area contributed by atoms with Gasteiger partial charge in [-0.3, -0.25) is 4.98 Å². The van der Waals surface area contributed by atoms with Crippen LogP contribution in [0.15, 0.2) is 79.0 Å². The molecule has 1 fully saturated rings. The smallest absolute Gasteiger partial charge is 0.408 e. The highest BCUT2D eigenvalue weighted by Gasteiger charge is 2.37. The van der Waals surface area contributed by atoms with Crippen molar-refractivity contribution in [2.75, 3.05) is 0 Å². The highest BCUT2D eigenvalue weighted by molar-refractivity contribution is 5.72. The van der Waals surface area contributed by atoms with Gasteiger partial charge in [0.05, 0.1) is 5.69 Å². The summed E-state index contributed by atoms with van der Waals surface area (Å²) in [5.41, 5.74) is 3.88. The molecule has 0 spiro atoms. The maximum absolute atomic E-state index is 11.8. The number of benzene rings is 2. The van der Waals surface area contributed by atoms with Gasteiger partial charge in [-0.15, -0.1) is 0 Å². The fourth-order valence-corrected chi connectivity index (χ4v) is 3.05. The number of carbonyl (C=O) groups is 1. The third-order valence-corrected chi connectivity index (χ3v) is 4.33. The van der Waals surface area contributed by atoms with E-state index in [1.165, 1.54) is 0 Å². The number of pyridine rings is 1. The van der Waals surface area contributed by atoms with Gasteiger partial charge in [0.25, 0.3) is 0 Å². The van der Waals surface area contributed by atoms with Crippen molar-refractivity contribution in [3.05, 3.63) is 101 Å². The predicted octanol–water partition coefficient (Wildman–Crippen LogP) is 4.77. The first-order valence-corrected chi connectivity index (χ1v) is 8.51. The number of hydrogen-bond acceptors (Lipinski definition) is 3. The van der Waals surface area contributed by atoms with E-state index >= 15 is 0 Å². The topological polar surface area (TPSA) is 51.2 Å². The molecule has 2 heterocycles. The number of ether oxygens (including phenoxy) is 1. The van der Waals surface area contributed by atoms with Crippen LogP contribution in [0.25, 0.3) is 12.2 Å². The first-order chi connectivity index (χ1) is 12.8. The molecule has 1 aromatic heterocycles. The van der Waals surface area contributed by atoms with Crippen molar-refractivity contribution < 1.29 is 9.53 Å². The molecule has 0 saturated carbocycles. The van der Waals surface area contributed by atoms with Gasteiger partial charge in [-0.05, 0) is 28.8 Å². The van der Waals surface area contributed by atoms with Crippen molar-refractivity contribution in [2.24, 2.45) is 0 Å². The predicted molar refractivity (Wildman–Crippen MR) is 101 cm³/mol. The third-order valence-electron chi connectivity index (χ3n) is 4.33. The van der Waals surface area contributed by atoms with Crippen LogP contribution in [0.5, 0.6) is 0 Å². The fourth-order valence-electron chi connectivity index (χ4n) is 3.05. The molecular formula is C22H18N2O2. The lowest BCUT2D eigenvalue weighted by Crippen LogP contribution is -2.20. The summed E-state index contributed by atoms with van der Waals surface area (Å²) in [7, 11) is 0. The van der Waals surface area contributed by atoms with Gasteiger partial charge in [-0.1, -0.05) is 72.8 Å². The van der Waals surface area contributed by atoms with Crippen molar-refractivity contribution in [3.8, 4) is 0 Å². The Morgan fingerprint density at radius 2 is 1.58 bits per heavy atom. The summed E-state index contributed by atoms with van der Waals surface area (Å²) in [5, 5.41) is 2.87. The molecule has 1 N–H and O–H groups in total. The lowest BCUT2D eigenvalue weighted by Gasteiger charge is -2.17. The van der Waals surface area contributed by atoms with E-state index in [1.54, 1.807) is 6.20 Å². The van der Waals surface area contributed by atoms with Crippen LogP contribution in [-0.4, -0.2) is 11.1 Å². The summed E-state index contributed by atoms with van der Waals surface area (Å²) in [6.07, 6.45) is 5.04. The Kier molecular flexibility index (Phi) is 4.48. The molecule has 1 amide bonds. The number of amides is 1. The van der Waals surface area contributed by atoms with E-state index in [2.05, 4.69) is 28.5 Å². The summed E-state index contributed by atoms with van der Waals surface area (Å²) in [6, 6.07) is 23.4. The highest BCUT2D eigenvalue weighted by atomic mass is 16.6. The molecule has 128 valence electrons. The molecule has 0 radical (unpaired) electrons. The average Bonchev–Trinajstić information content (AvgIpc) is 3.10. The lowest BCUT2D eigenvalue weighted by molar-refractivity contribution is 0.132. The molecule has 0 unspecified atom stereocenters.